The lowest BCUT2D eigenvalue weighted by molar-refractivity contribution is -0.141. The summed E-state index contributed by atoms with van der Waals surface area (Å²) in [5, 5.41) is 55.6. The average molecular weight is 985 g/mol. The molecule has 0 aliphatic rings. The van der Waals surface area contributed by atoms with E-state index in [2.05, 4.69) is 42.5 Å². The molecule has 0 rings (SSSR count). The van der Waals surface area contributed by atoms with Crippen LogP contribution in [0.1, 0.15) is 45.4 Å². The maximum absolute atomic E-state index is 13.5. The number of hydrogen-bond donors (Lipinski definition) is 16. The van der Waals surface area contributed by atoms with Gasteiger partial charge in [-0.3, -0.25) is 52.7 Å². The molecule has 0 aliphatic carbocycles. The monoisotopic (exact) mass is 984 g/mol. The second kappa shape index (κ2) is 32.7. The Bertz CT molecular complexity index is 1710. The zero-order chi connectivity index (χ0) is 50.5. The minimum Gasteiger partial charge on any atom is -0.481 e. The summed E-state index contributed by atoms with van der Waals surface area (Å²) in [4.78, 5) is 149. The number of nitrogens with two attached hydrogens (primary N) is 4. The molecule has 66 heavy (non-hydrogen) atoms. The van der Waals surface area contributed by atoms with Gasteiger partial charge in [-0.2, -0.15) is 0 Å². The van der Waals surface area contributed by atoms with Crippen LogP contribution in [-0.2, 0) is 62.3 Å². The van der Waals surface area contributed by atoms with E-state index >= 15 is 0 Å². The summed E-state index contributed by atoms with van der Waals surface area (Å²) in [6.45, 7) is -0.676. The van der Waals surface area contributed by atoms with Crippen molar-refractivity contribution in [3.05, 3.63) is 0 Å². The van der Waals surface area contributed by atoms with Crippen LogP contribution in [0.2, 0.25) is 0 Å². The third kappa shape index (κ3) is 25.0. The van der Waals surface area contributed by atoms with Gasteiger partial charge in [0.15, 0.2) is 0 Å². The van der Waals surface area contributed by atoms with E-state index in [0.29, 0.717) is 5.75 Å². The van der Waals surface area contributed by atoms with Crippen LogP contribution in [-0.4, -0.2) is 191 Å². The van der Waals surface area contributed by atoms with Crippen molar-refractivity contribution >= 4 is 92.8 Å². The molecule has 0 fully saturated rings. The van der Waals surface area contributed by atoms with E-state index in [9.17, 15) is 72.9 Å². The van der Waals surface area contributed by atoms with Gasteiger partial charge in [0.05, 0.1) is 6.04 Å². The van der Waals surface area contributed by atoms with Gasteiger partial charge in [-0.1, -0.05) is 21.6 Å². The Hall–Kier alpha value is -5.86. The molecule has 374 valence electrons. The van der Waals surface area contributed by atoms with Gasteiger partial charge >= 0.3 is 29.8 Å². The number of carbonyl (C=O) groups is 12. The lowest BCUT2D eigenvalue weighted by atomic mass is 10.1. The SMILES string of the molecule is CNC[C@H](N)C(=O)N[C@@H](CCC(=O)O)C(=O)N[C@@H](CN)C(=O)N[C@@H](CCC(=O)O)C(=O)N[C@@H](CN)C(=O)N[C@@H](CCC(=O)O)C(=O)N[C@@H](CN)C(=O)N[C@H](CSSCCOC(C)=O)C(=O)O. The normalized spacial score (nSPS) is 14.5. The first-order valence-electron chi connectivity index (χ1n) is 19.9. The molecule has 0 heterocycles. The van der Waals surface area contributed by atoms with Crippen molar-refractivity contribution in [2.75, 3.05) is 51.3 Å². The standard InChI is InChI=1S/C35H60N12O17S2/c1-16(48)64-9-10-65-66-15-24(35(62)63)47-34(61)23(13-38)46-31(58)20(5-8-27(53)54)43-33(60)22(12-37)45-30(57)19(4-7-26(51)52)42-32(59)21(11-36)44-29(56)18(3-6-25(49)50)41-28(55)17(39)14-40-2/h17-24,40H,3-15,36-39H2,1-2H3,(H,41,55)(H,42,59)(H,43,60)(H,44,56)(H,45,57)(H,46,58)(H,47,61)(H,49,50)(H,51,52)(H,53,54)(H,62,63)/t17-,18-,19-,20-,21-,22-,23-,24+/m0/s1. The predicted octanol–water partition coefficient (Wildman–Crippen LogP) is -7.57. The van der Waals surface area contributed by atoms with Crippen LogP contribution in [0.25, 0.3) is 0 Å². The first kappa shape index (κ1) is 60.1. The highest BCUT2D eigenvalue weighted by Crippen LogP contribution is 2.22. The number of amides is 7. The summed E-state index contributed by atoms with van der Waals surface area (Å²) in [6.07, 6.45) is -3.70. The largest absolute Gasteiger partial charge is 0.481 e. The van der Waals surface area contributed by atoms with Crippen molar-refractivity contribution in [2.45, 2.75) is 93.8 Å². The molecule has 0 bridgehead atoms. The van der Waals surface area contributed by atoms with Crippen LogP contribution in [0.3, 0.4) is 0 Å². The van der Waals surface area contributed by atoms with Gasteiger partial charge in [0, 0.05) is 63.9 Å². The van der Waals surface area contributed by atoms with Gasteiger partial charge in [-0.15, -0.1) is 0 Å². The first-order chi connectivity index (χ1) is 31.0. The summed E-state index contributed by atoms with van der Waals surface area (Å²) in [5.41, 5.74) is 22.9. The molecule has 0 radical (unpaired) electrons. The number of rotatable bonds is 35. The molecular weight excluding hydrogens is 925 g/mol. The Labute approximate surface area is 385 Å². The summed E-state index contributed by atoms with van der Waals surface area (Å²) >= 11 is 0. The molecule has 8 atom stereocenters. The van der Waals surface area contributed by atoms with Gasteiger partial charge in [-0.05, 0) is 26.3 Å². The molecule has 0 aromatic heterocycles. The number of carbonyl (C=O) groups excluding carboxylic acids is 8. The molecule has 0 saturated heterocycles. The number of carboxylic acid groups (broad SMARTS) is 4. The predicted molar refractivity (Wildman–Crippen MR) is 232 cm³/mol. The Morgan fingerprint density at radius 1 is 0.500 bits per heavy atom. The van der Waals surface area contributed by atoms with Crippen molar-refractivity contribution in [1.29, 1.82) is 0 Å². The molecule has 0 aliphatic heterocycles. The van der Waals surface area contributed by atoms with Gasteiger partial charge in [0.2, 0.25) is 41.4 Å². The van der Waals surface area contributed by atoms with Crippen LogP contribution < -0.4 is 65.5 Å². The number of carboxylic acids is 4. The number of aliphatic carboxylic acids is 4. The van der Waals surface area contributed by atoms with E-state index < -0.39 is 178 Å². The molecule has 31 heteroatoms. The van der Waals surface area contributed by atoms with Crippen LogP contribution in [0.4, 0.5) is 0 Å². The summed E-state index contributed by atoms with van der Waals surface area (Å²) < 4.78 is 4.78. The Morgan fingerprint density at radius 3 is 1.12 bits per heavy atom. The number of likely N-dealkylation sites (N-methyl/N-ethyl adjacent to an activating group) is 1. The minimum atomic E-state index is -1.76. The van der Waals surface area contributed by atoms with Gasteiger partial charge in [0.1, 0.15) is 48.9 Å². The fourth-order valence-corrected chi connectivity index (χ4v) is 7.08. The summed E-state index contributed by atoms with van der Waals surface area (Å²) in [5.74, 6) is -13.7. The maximum Gasteiger partial charge on any atom is 0.327 e. The van der Waals surface area contributed by atoms with Crippen molar-refractivity contribution < 1.29 is 82.7 Å². The number of nitrogens with one attached hydrogen (secondary N) is 8. The molecule has 0 saturated carbocycles. The van der Waals surface area contributed by atoms with Crippen molar-refractivity contribution in [3.8, 4) is 0 Å². The zero-order valence-corrected chi connectivity index (χ0v) is 37.7. The lowest BCUT2D eigenvalue weighted by Gasteiger charge is -2.27. The molecule has 0 unspecified atom stereocenters. The molecular formula is C35H60N12O17S2. The number of ether oxygens (including phenoxy) is 1. The maximum atomic E-state index is 13.5. The third-order valence-electron chi connectivity index (χ3n) is 8.61. The van der Waals surface area contributed by atoms with E-state index in [1.54, 1.807) is 0 Å². The second-order valence-corrected chi connectivity index (χ2v) is 16.5. The van der Waals surface area contributed by atoms with E-state index in [1.165, 1.54) is 14.0 Å². The Morgan fingerprint density at radius 2 is 0.818 bits per heavy atom. The van der Waals surface area contributed by atoms with E-state index in [0.717, 1.165) is 21.6 Å². The van der Waals surface area contributed by atoms with Crippen LogP contribution in [0.5, 0.6) is 0 Å². The first-order valence-corrected chi connectivity index (χ1v) is 22.4. The van der Waals surface area contributed by atoms with E-state index in [1.807, 2.05) is 0 Å². The highest BCUT2D eigenvalue weighted by atomic mass is 33.1. The number of hydrogen-bond acceptors (Lipinski definition) is 20. The van der Waals surface area contributed by atoms with Crippen molar-refractivity contribution in [2.24, 2.45) is 22.9 Å². The quantitative estimate of drug-likeness (QED) is 0.0159. The van der Waals surface area contributed by atoms with Crippen molar-refractivity contribution in [3.63, 3.8) is 0 Å². The lowest BCUT2D eigenvalue weighted by Crippen LogP contribution is -2.62. The second-order valence-electron chi connectivity index (χ2n) is 13.9. The molecule has 7 amide bonds. The Balaban J connectivity index is 6.09. The van der Waals surface area contributed by atoms with Crippen LogP contribution >= 0.6 is 21.6 Å². The smallest absolute Gasteiger partial charge is 0.327 e. The average Bonchev–Trinajstić information content (AvgIpc) is 3.24. The summed E-state index contributed by atoms with van der Waals surface area (Å²) in [6, 6.07) is -12.7. The molecule has 0 aromatic carbocycles. The molecule has 20 N–H and O–H groups in total. The van der Waals surface area contributed by atoms with Crippen molar-refractivity contribution in [1.82, 2.24) is 42.5 Å². The minimum absolute atomic E-state index is 0.0165. The van der Waals surface area contributed by atoms with E-state index in [4.69, 9.17) is 32.8 Å². The number of esters is 1. The zero-order valence-electron chi connectivity index (χ0n) is 36.0. The Kier molecular flexibility index (Phi) is 29.8. The fraction of sp³-hybridized carbons (Fsp3) is 0.657. The van der Waals surface area contributed by atoms with Gasteiger partial charge < -0.3 is 90.6 Å². The third-order valence-corrected chi connectivity index (χ3v) is 11.0. The van der Waals surface area contributed by atoms with E-state index in [-0.39, 0.29) is 18.9 Å². The highest BCUT2D eigenvalue weighted by Gasteiger charge is 2.34. The topological polar surface area (TPSA) is 495 Å². The molecule has 0 aromatic rings. The molecule has 0 spiro atoms. The van der Waals surface area contributed by atoms with Gasteiger partial charge in [0.25, 0.3) is 0 Å². The van der Waals surface area contributed by atoms with Gasteiger partial charge in [-0.25, -0.2) is 4.79 Å². The van der Waals surface area contributed by atoms with Crippen LogP contribution in [0.15, 0.2) is 0 Å². The van der Waals surface area contributed by atoms with Crippen LogP contribution in [0, 0.1) is 0 Å². The molecule has 29 nitrogen and oxygen atoms in total. The summed E-state index contributed by atoms with van der Waals surface area (Å²) in [7, 11) is 3.69. The fourth-order valence-electron chi connectivity index (χ4n) is 5.10. The highest BCUT2D eigenvalue weighted by molar-refractivity contribution is 8.76.